The van der Waals surface area contributed by atoms with Gasteiger partial charge >= 0.3 is 0 Å². The van der Waals surface area contributed by atoms with Crippen LogP contribution < -0.4 is 21.1 Å². The van der Waals surface area contributed by atoms with Crippen molar-refractivity contribution >= 4 is 46.6 Å². The lowest BCUT2D eigenvalue weighted by Gasteiger charge is -2.37. The van der Waals surface area contributed by atoms with Gasteiger partial charge in [-0.2, -0.15) is 0 Å². The minimum absolute atomic E-state index is 0.0148. The molecule has 14 heteroatoms. The number of halogens is 3. The van der Waals surface area contributed by atoms with Gasteiger partial charge in [0.25, 0.3) is 11.8 Å². The van der Waals surface area contributed by atoms with Gasteiger partial charge in [-0.15, -0.1) is 0 Å². The number of hydrogen-bond donors (Lipinski definition) is 3. The van der Waals surface area contributed by atoms with Crippen molar-refractivity contribution in [2.24, 2.45) is 18.7 Å². The molecule has 3 aromatic rings. The van der Waals surface area contributed by atoms with Crippen molar-refractivity contribution in [3.05, 3.63) is 63.8 Å². The maximum Gasteiger partial charge on any atom is 0.291 e. The Balaban J connectivity index is 1.22. The van der Waals surface area contributed by atoms with Crippen LogP contribution in [0.25, 0.3) is 11.3 Å². The molecular formula is C29H32Cl2FN7O4. The number of benzene rings is 2. The molecule has 2 saturated heterocycles. The Morgan fingerprint density at radius 2 is 1.79 bits per heavy atom. The zero-order valence-corrected chi connectivity index (χ0v) is 25.1. The van der Waals surface area contributed by atoms with Crippen LogP contribution in [0.4, 0.5) is 10.1 Å². The first-order chi connectivity index (χ1) is 20.7. The van der Waals surface area contributed by atoms with E-state index in [0.717, 1.165) is 25.9 Å². The molecule has 2 aromatic carbocycles. The van der Waals surface area contributed by atoms with Crippen LogP contribution in [-0.4, -0.2) is 83.1 Å². The number of hydrogen-bond acceptors (Lipinski definition) is 7. The first kappa shape index (κ1) is 30.7. The van der Waals surface area contributed by atoms with Gasteiger partial charge in [0.05, 0.1) is 22.5 Å². The third-order valence-corrected chi connectivity index (χ3v) is 8.44. The van der Waals surface area contributed by atoms with Gasteiger partial charge in [0.1, 0.15) is 17.5 Å². The summed E-state index contributed by atoms with van der Waals surface area (Å²) in [5.41, 5.74) is 6.45. The third kappa shape index (κ3) is 6.47. The Labute approximate surface area is 258 Å². The van der Waals surface area contributed by atoms with Crippen LogP contribution in [0.1, 0.15) is 33.8 Å². The van der Waals surface area contributed by atoms with E-state index >= 15 is 0 Å². The van der Waals surface area contributed by atoms with Crippen molar-refractivity contribution in [2.75, 3.05) is 51.3 Å². The number of amides is 3. The number of ether oxygens (including phenoxy) is 1. The van der Waals surface area contributed by atoms with Crippen molar-refractivity contribution in [2.45, 2.75) is 12.8 Å². The lowest BCUT2D eigenvalue weighted by Crippen LogP contribution is -2.52. The fourth-order valence-corrected chi connectivity index (χ4v) is 5.86. The first-order valence-corrected chi connectivity index (χ1v) is 14.7. The second kappa shape index (κ2) is 13.3. The Morgan fingerprint density at radius 1 is 1.09 bits per heavy atom. The minimum Gasteiger partial charge on any atom is -0.477 e. The summed E-state index contributed by atoms with van der Waals surface area (Å²) in [7, 11) is 1.57. The highest BCUT2D eigenvalue weighted by atomic mass is 35.5. The van der Waals surface area contributed by atoms with Gasteiger partial charge in [0.2, 0.25) is 5.91 Å². The van der Waals surface area contributed by atoms with E-state index in [1.165, 1.54) is 29.0 Å². The van der Waals surface area contributed by atoms with Crippen LogP contribution in [0, 0.1) is 11.7 Å². The molecule has 0 radical (unpaired) electrons. The topological polar surface area (TPSA) is 135 Å². The molecule has 0 unspecified atom stereocenters. The standard InChI is InChI=1S/C29H32Cl2FN7O4/c1-37-22(20-4-5-23(43-16-33)24(31)25(20)32)15-35-26(37)27(40)36-18-2-3-19(21(30)14-18)29(42)39-12-10-38(11-13-39)28(41)17-6-8-34-9-7-17/h2-5,14-15,17,34H,6-13,16,33H2,1H3,(H,36,40). The van der Waals surface area contributed by atoms with E-state index in [2.05, 4.69) is 15.6 Å². The van der Waals surface area contributed by atoms with Crippen molar-refractivity contribution in [1.29, 1.82) is 0 Å². The molecule has 2 aliphatic rings. The van der Waals surface area contributed by atoms with E-state index in [1.54, 1.807) is 24.1 Å². The van der Waals surface area contributed by atoms with Crippen molar-refractivity contribution < 1.29 is 23.5 Å². The number of imidazole rings is 1. The van der Waals surface area contributed by atoms with Gasteiger partial charge in [-0.3, -0.25) is 20.1 Å². The molecule has 2 fully saturated rings. The van der Waals surface area contributed by atoms with Crippen LogP contribution >= 0.6 is 23.2 Å². The van der Waals surface area contributed by atoms with Gasteiger partial charge in [0, 0.05) is 50.4 Å². The largest absolute Gasteiger partial charge is 0.477 e. The van der Waals surface area contributed by atoms with Crippen LogP contribution in [0.3, 0.4) is 0 Å². The molecule has 0 saturated carbocycles. The molecule has 0 atom stereocenters. The maximum atomic E-state index is 15.0. The number of nitrogens with two attached hydrogens (primary N) is 1. The van der Waals surface area contributed by atoms with Crippen LogP contribution in [0.2, 0.25) is 10.0 Å². The van der Waals surface area contributed by atoms with E-state index in [0.29, 0.717) is 43.1 Å². The van der Waals surface area contributed by atoms with Gasteiger partial charge in [0.15, 0.2) is 11.6 Å². The smallest absolute Gasteiger partial charge is 0.291 e. The van der Waals surface area contributed by atoms with Crippen LogP contribution in [-0.2, 0) is 11.8 Å². The number of nitrogens with one attached hydrogen (secondary N) is 2. The van der Waals surface area contributed by atoms with E-state index in [1.807, 2.05) is 4.90 Å². The Kier molecular flexibility index (Phi) is 9.50. The predicted molar refractivity (Wildman–Crippen MR) is 161 cm³/mol. The zero-order valence-electron chi connectivity index (χ0n) is 23.5. The van der Waals surface area contributed by atoms with E-state index in [9.17, 15) is 18.8 Å². The Hall–Kier alpha value is -3.71. The fourth-order valence-electron chi connectivity index (χ4n) is 5.38. The number of aromatic nitrogens is 2. The number of piperidine rings is 1. The summed E-state index contributed by atoms with van der Waals surface area (Å²) in [4.78, 5) is 46.8. The molecule has 5 rings (SSSR count). The maximum absolute atomic E-state index is 15.0. The molecule has 4 N–H and O–H groups in total. The number of piperazine rings is 1. The molecule has 3 amide bonds. The third-order valence-electron chi connectivity index (χ3n) is 7.78. The van der Waals surface area contributed by atoms with Crippen molar-refractivity contribution in [3.8, 4) is 17.0 Å². The molecule has 2 aliphatic heterocycles. The first-order valence-electron chi connectivity index (χ1n) is 13.9. The number of anilines is 1. The number of nitrogens with zero attached hydrogens (tertiary/aromatic N) is 4. The van der Waals surface area contributed by atoms with E-state index < -0.39 is 11.7 Å². The average Bonchev–Trinajstić information content (AvgIpc) is 3.40. The molecular weight excluding hydrogens is 600 g/mol. The summed E-state index contributed by atoms with van der Waals surface area (Å²) in [6, 6.07) is 7.57. The Bertz CT molecular complexity index is 1540. The highest BCUT2D eigenvalue weighted by molar-refractivity contribution is 6.34. The highest BCUT2D eigenvalue weighted by Crippen LogP contribution is 2.34. The number of rotatable bonds is 7. The van der Waals surface area contributed by atoms with Crippen molar-refractivity contribution in [3.63, 3.8) is 0 Å². The van der Waals surface area contributed by atoms with Crippen LogP contribution in [0.15, 0.2) is 36.5 Å². The molecule has 0 spiro atoms. The summed E-state index contributed by atoms with van der Waals surface area (Å²) < 4.78 is 21.5. The Morgan fingerprint density at radius 3 is 2.47 bits per heavy atom. The minimum atomic E-state index is -0.732. The molecule has 0 aliphatic carbocycles. The molecule has 228 valence electrons. The normalized spacial score (nSPS) is 15.8. The highest BCUT2D eigenvalue weighted by Gasteiger charge is 2.30. The van der Waals surface area contributed by atoms with Gasteiger partial charge < -0.3 is 29.7 Å². The fraction of sp³-hybridized carbons (Fsp3) is 0.379. The molecule has 0 bridgehead atoms. The van der Waals surface area contributed by atoms with Gasteiger partial charge in [-0.25, -0.2) is 9.37 Å². The number of carbonyl (C=O) groups excluding carboxylic acids is 3. The second-order valence-electron chi connectivity index (χ2n) is 10.4. The number of carbonyl (C=O) groups is 3. The molecule has 11 nitrogen and oxygen atoms in total. The van der Waals surface area contributed by atoms with Crippen LogP contribution in [0.5, 0.6) is 5.75 Å². The summed E-state index contributed by atoms with van der Waals surface area (Å²) in [6.45, 7) is 3.33. The van der Waals surface area contributed by atoms with E-state index in [-0.39, 0.29) is 51.6 Å². The molecule has 3 heterocycles. The monoisotopic (exact) mass is 631 g/mol. The zero-order chi connectivity index (χ0) is 30.7. The summed E-state index contributed by atoms with van der Waals surface area (Å²) >= 11 is 12.6. The van der Waals surface area contributed by atoms with Gasteiger partial charge in [-0.1, -0.05) is 23.2 Å². The second-order valence-corrected chi connectivity index (χ2v) is 11.2. The average molecular weight is 633 g/mol. The summed E-state index contributed by atoms with van der Waals surface area (Å²) in [5.74, 6) is -1.21. The van der Waals surface area contributed by atoms with Crippen molar-refractivity contribution in [1.82, 2.24) is 24.7 Å². The lowest BCUT2D eigenvalue weighted by atomic mass is 9.96. The lowest BCUT2D eigenvalue weighted by molar-refractivity contribution is -0.137. The molecule has 43 heavy (non-hydrogen) atoms. The summed E-state index contributed by atoms with van der Waals surface area (Å²) in [6.07, 6.45) is 3.04. The SMILES string of the molecule is Cn1c(-c2ccc(OCN)c(Cl)c2F)cnc1C(=O)Nc1ccc(C(=O)N2CCN(C(=O)C3CCNCC3)CC2)c(Cl)c1. The summed E-state index contributed by atoms with van der Waals surface area (Å²) in [5, 5.41) is 5.93. The van der Waals surface area contributed by atoms with Gasteiger partial charge in [-0.05, 0) is 56.3 Å². The molecule has 1 aromatic heterocycles. The quantitative estimate of drug-likeness (QED) is 0.340. The predicted octanol–water partition coefficient (Wildman–Crippen LogP) is 3.36. The van der Waals surface area contributed by atoms with E-state index in [4.69, 9.17) is 33.7 Å².